The number of nitrogens with zero attached hydrogens (tertiary/aromatic N) is 3. The first kappa shape index (κ1) is 16.8. The van der Waals surface area contributed by atoms with E-state index in [1.165, 1.54) is 16.5 Å². The fourth-order valence-electron chi connectivity index (χ4n) is 3.49. The van der Waals surface area contributed by atoms with Crippen LogP contribution in [-0.2, 0) is 4.79 Å². The number of thioether (sulfide) groups is 1. The number of rotatable bonds is 4. The Morgan fingerprint density at radius 2 is 2.16 bits per heavy atom. The van der Waals surface area contributed by atoms with Crippen LogP contribution in [0, 0.1) is 0 Å². The molecule has 2 amide bonds. The lowest BCUT2D eigenvalue weighted by Crippen LogP contribution is -2.40. The zero-order valence-corrected chi connectivity index (χ0v) is 15.7. The fourth-order valence-corrected chi connectivity index (χ4v) is 5.43. The molecule has 0 aliphatic carbocycles. The minimum Gasteiger partial charge on any atom is -0.342 e. The maximum absolute atomic E-state index is 12.6. The van der Waals surface area contributed by atoms with E-state index < -0.39 is 0 Å². The van der Waals surface area contributed by atoms with Gasteiger partial charge < -0.3 is 9.80 Å². The number of amides is 2. The van der Waals surface area contributed by atoms with Crippen LogP contribution in [0.2, 0.25) is 0 Å². The summed E-state index contributed by atoms with van der Waals surface area (Å²) in [5.74, 6) is 1.34. The average molecular weight is 376 g/mol. The highest BCUT2D eigenvalue weighted by Crippen LogP contribution is 2.33. The number of hydrogen-bond acceptors (Lipinski definition) is 5. The normalized spacial score (nSPS) is 21.3. The monoisotopic (exact) mass is 375 g/mol. The predicted octanol–water partition coefficient (Wildman–Crippen LogP) is 3.56. The number of aromatic nitrogens is 1. The fraction of sp³-hybridized carbons (Fsp3) is 0.500. The van der Waals surface area contributed by atoms with Crippen molar-refractivity contribution < 1.29 is 9.59 Å². The van der Waals surface area contributed by atoms with Gasteiger partial charge in [-0.15, -0.1) is 11.3 Å². The van der Waals surface area contributed by atoms with Crippen molar-refractivity contribution in [2.45, 2.75) is 25.2 Å². The third-order valence-electron chi connectivity index (χ3n) is 4.87. The van der Waals surface area contributed by atoms with Crippen molar-refractivity contribution in [3.8, 4) is 0 Å². The van der Waals surface area contributed by atoms with Crippen molar-refractivity contribution in [1.29, 1.82) is 0 Å². The zero-order chi connectivity index (χ0) is 17.2. The molecule has 0 bridgehead atoms. The van der Waals surface area contributed by atoms with E-state index in [-0.39, 0.29) is 11.1 Å². The van der Waals surface area contributed by atoms with Gasteiger partial charge in [-0.25, -0.2) is 4.98 Å². The molecule has 2 aliphatic heterocycles. The topological polar surface area (TPSA) is 53.5 Å². The molecular formula is C18H21N3O2S2. The smallest absolute Gasteiger partial charge is 0.281 e. The summed E-state index contributed by atoms with van der Waals surface area (Å²) >= 11 is 3.09. The molecule has 5 nitrogen and oxygen atoms in total. The molecule has 3 heterocycles. The first-order chi connectivity index (χ1) is 12.2. The van der Waals surface area contributed by atoms with E-state index in [0.29, 0.717) is 18.9 Å². The van der Waals surface area contributed by atoms with Crippen LogP contribution < -0.4 is 0 Å². The number of benzene rings is 1. The van der Waals surface area contributed by atoms with Gasteiger partial charge in [0.05, 0.1) is 15.2 Å². The molecule has 0 spiro atoms. The predicted molar refractivity (Wildman–Crippen MR) is 102 cm³/mol. The Balaban J connectivity index is 1.38. The van der Waals surface area contributed by atoms with Gasteiger partial charge in [-0.2, -0.15) is 0 Å². The Morgan fingerprint density at radius 3 is 2.96 bits per heavy atom. The molecule has 132 valence electrons. The number of fused-ring (bicyclic) bond motifs is 1. The second-order valence-corrected chi connectivity index (χ2v) is 8.66. The van der Waals surface area contributed by atoms with Crippen LogP contribution in [0.25, 0.3) is 10.2 Å². The average Bonchev–Trinajstić information content (AvgIpc) is 3.25. The van der Waals surface area contributed by atoms with Crippen LogP contribution in [0.5, 0.6) is 0 Å². The summed E-state index contributed by atoms with van der Waals surface area (Å²) in [5.41, 5.74) is 1.05. The molecule has 1 unspecified atom stereocenters. The van der Waals surface area contributed by atoms with E-state index >= 15 is 0 Å². The lowest BCUT2D eigenvalue weighted by molar-refractivity contribution is -0.132. The van der Waals surface area contributed by atoms with E-state index in [2.05, 4.69) is 6.07 Å². The number of carbonyl (C=O) groups is 2. The molecule has 2 aliphatic rings. The van der Waals surface area contributed by atoms with E-state index in [1.54, 1.807) is 16.2 Å². The van der Waals surface area contributed by atoms with Crippen molar-refractivity contribution in [1.82, 2.24) is 14.8 Å². The van der Waals surface area contributed by atoms with Crippen molar-refractivity contribution in [2.24, 2.45) is 0 Å². The summed E-state index contributed by atoms with van der Waals surface area (Å²) < 4.78 is 1.21. The van der Waals surface area contributed by atoms with E-state index in [1.807, 2.05) is 23.1 Å². The quantitative estimate of drug-likeness (QED) is 0.820. The lowest BCUT2D eigenvalue weighted by atomic mass is 9.98. The number of carbonyl (C=O) groups excluding carboxylic acids is 2. The molecule has 0 saturated carbocycles. The molecule has 7 heteroatoms. The molecular weight excluding hydrogens is 354 g/mol. The first-order valence-corrected chi connectivity index (χ1v) is 10.6. The molecule has 4 rings (SSSR count). The van der Waals surface area contributed by atoms with Gasteiger partial charge in [-0.05, 0) is 25.0 Å². The van der Waals surface area contributed by atoms with Gasteiger partial charge in [-0.3, -0.25) is 9.59 Å². The van der Waals surface area contributed by atoms with Crippen molar-refractivity contribution in [3.63, 3.8) is 0 Å². The number of para-hydroxylation sites is 1. The minimum absolute atomic E-state index is 0.110. The van der Waals surface area contributed by atoms with Crippen LogP contribution in [-0.4, -0.2) is 57.9 Å². The van der Waals surface area contributed by atoms with Gasteiger partial charge in [-0.1, -0.05) is 23.9 Å². The molecule has 1 atom stereocenters. The summed E-state index contributed by atoms with van der Waals surface area (Å²) in [7, 11) is 0. The Labute approximate surface area is 155 Å². The van der Waals surface area contributed by atoms with Crippen LogP contribution in [0.4, 0.5) is 4.79 Å². The first-order valence-electron chi connectivity index (χ1n) is 8.75. The minimum atomic E-state index is 0.110. The molecule has 0 N–H and O–H groups in total. The maximum atomic E-state index is 12.6. The third kappa shape index (κ3) is 3.67. The van der Waals surface area contributed by atoms with Gasteiger partial charge in [0.25, 0.3) is 5.24 Å². The lowest BCUT2D eigenvalue weighted by Gasteiger charge is -2.32. The highest BCUT2D eigenvalue weighted by molar-refractivity contribution is 8.13. The molecule has 2 saturated heterocycles. The summed E-state index contributed by atoms with van der Waals surface area (Å²) in [6, 6.07) is 8.21. The maximum Gasteiger partial charge on any atom is 0.281 e. The van der Waals surface area contributed by atoms with Gasteiger partial charge in [0.2, 0.25) is 5.91 Å². The van der Waals surface area contributed by atoms with Crippen LogP contribution in [0.1, 0.15) is 30.2 Å². The van der Waals surface area contributed by atoms with Crippen LogP contribution >= 0.6 is 23.1 Å². The second-order valence-electron chi connectivity index (χ2n) is 6.55. The number of thiazole rings is 1. The number of hydrogen-bond donors (Lipinski definition) is 0. The highest BCUT2D eigenvalue weighted by Gasteiger charge is 2.28. The molecule has 2 fully saturated rings. The van der Waals surface area contributed by atoms with Crippen LogP contribution in [0.15, 0.2) is 24.3 Å². The number of likely N-dealkylation sites (tertiary alicyclic amines) is 1. The second kappa shape index (κ2) is 7.33. The molecule has 0 radical (unpaired) electrons. The van der Waals surface area contributed by atoms with Gasteiger partial charge >= 0.3 is 0 Å². The summed E-state index contributed by atoms with van der Waals surface area (Å²) in [6.07, 6.45) is 2.54. The Kier molecular flexibility index (Phi) is 4.94. The Morgan fingerprint density at radius 1 is 1.28 bits per heavy atom. The molecule has 2 aromatic rings. The van der Waals surface area contributed by atoms with Gasteiger partial charge in [0, 0.05) is 44.3 Å². The SMILES string of the molecule is O=C(CCN1CCSC1=O)N1CCCC(c2nc3ccccc3s2)C1. The highest BCUT2D eigenvalue weighted by atomic mass is 32.2. The van der Waals surface area contributed by atoms with E-state index in [0.717, 1.165) is 48.8 Å². The molecule has 1 aromatic heterocycles. The van der Waals surface area contributed by atoms with Crippen molar-refractivity contribution in [2.75, 3.05) is 31.9 Å². The van der Waals surface area contributed by atoms with Gasteiger partial charge in [0.15, 0.2) is 0 Å². The zero-order valence-electron chi connectivity index (χ0n) is 14.0. The summed E-state index contributed by atoms with van der Waals surface area (Å²) in [6.45, 7) is 2.89. The van der Waals surface area contributed by atoms with Crippen LogP contribution in [0.3, 0.4) is 0 Å². The van der Waals surface area contributed by atoms with Crippen molar-refractivity contribution in [3.05, 3.63) is 29.3 Å². The molecule has 25 heavy (non-hydrogen) atoms. The number of piperidine rings is 1. The Bertz CT molecular complexity index is 758. The standard InChI is InChI=1S/C18H21N3O2S2/c22-16(7-9-20-10-11-24-18(20)23)21-8-3-4-13(12-21)17-19-14-5-1-2-6-15(14)25-17/h1-2,5-6,13H,3-4,7-12H2. The summed E-state index contributed by atoms with van der Waals surface area (Å²) in [4.78, 5) is 32.7. The van der Waals surface area contributed by atoms with E-state index in [9.17, 15) is 9.59 Å². The largest absolute Gasteiger partial charge is 0.342 e. The van der Waals surface area contributed by atoms with E-state index in [4.69, 9.17) is 4.98 Å². The molecule has 1 aromatic carbocycles. The Hall–Kier alpha value is -1.60. The third-order valence-corrected chi connectivity index (χ3v) is 6.97. The summed E-state index contributed by atoms with van der Waals surface area (Å²) in [5, 5.41) is 1.25. The van der Waals surface area contributed by atoms with Crippen molar-refractivity contribution >= 4 is 44.5 Å². The van der Waals surface area contributed by atoms with Gasteiger partial charge in [0.1, 0.15) is 0 Å².